The number of carbonyl (C=O) groups excluding carboxylic acids is 1. The van der Waals surface area contributed by atoms with Gasteiger partial charge in [0.05, 0.1) is 12.0 Å². The molecule has 0 aliphatic heterocycles. The van der Waals surface area contributed by atoms with E-state index in [9.17, 15) is 23.7 Å². The van der Waals surface area contributed by atoms with E-state index in [4.69, 9.17) is 4.74 Å². The standard InChI is InChI=1S/C15H21N3O5S/c1-15(2,3)14(23-5)12(9-16)18(4)17-11-8-10(24(20,21)22)6-7-13(11)19/h6-8,20-22H,1-5H3. The van der Waals surface area contributed by atoms with E-state index in [1.54, 1.807) is 0 Å². The second kappa shape index (κ2) is 7.19. The first-order valence-electron chi connectivity index (χ1n) is 6.87. The molecular weight excluding hydrogens is 334 g/mol. The Hall–Kier alpha value is -2.12. The third-order valence-electron chi connectivity index (χ3n) is 3.03. The van der Waals surface area contributed by atoms with E-state index in [2.05, 4.69) is 5.10 Å². The van der Waals surface area contributed by atoms with Crippen molar-refractivity contribution < 1.29 is 23.2 Å². The van der Waals surface area contributed by atoms with Gasteiger partial charge in [0, 0.05) is 12.5 Å². The fourth-order valence-electron chi connectivity index (χ4n) is 1.99. The SMILES string of the molecule is COC(=C(C#N)N(C)N=C1C=C(S(O)(O)O)C=CC1=O)C(C)(C)C. The lowest BCUT2D eigenvalue weighted by Gasteiger charge is -2.26. The van der Waals surface area contributed by atoms with Crippen molar-refractivity contribution >= 4 is 22.4 Å². The Bertz CT molecular complexity index is 687. The molecule has 0 heterocycles. The summed E-state index contributed by atoms with van der Waals surface area (Å²) >= 11 is 0. The largest absolute Gasteiger partial charge is 0.498 e. The van der Waals surface area contributed by atoms with E-state index in [1.807, 2.05) is 26.8 Å². The average molecular weight is 355 g/mol. The summed E-state index contributed by atoms with van der Waals surface area (Å²) in [4.78, 5) is 11.7. The van der Waals surface area contributed by atoms with Crippen molar-refractivity contribution in [2.24, 2.45) is 10.5 Å². The molecule has 0 fully saturated rings. The van der Waals surface area contributed by atoms with Gasteiger partial charge < -0.3 is 18.4 Å². The number of ketones is 1. The van der Waals surface area contributed by atoms with Gasteiger partial charge >= 0.3 is 0 Å². The summed E-state index contributed by atoms with van der Waals surface area (Å²) in [6.07, 6.45) is 3.23. The van der Waals surface area contributed by atoms with Gasteiger partial charge in [0.25, 0.3) is 0 Å². The van der Waals surface area contributed by atoms with Gasteiger partial charge in [-0.3, -0.25) is 9.80 Å². The van der Waals surface area contributed by atoms with Crippen LogP contribution >= 0.6 is 10.9 Å². The Balaban J connectivity index is 3.35. The van der Waals surface area contributed by atoms with E-state index in [-0.39, 0.29) is 16.3 Å². The number of rotatable bonds is 4. The molecular formula is C15H21N3O5S. The lowest BCUT2D eigenvalue weighted by atomic mass is 9.92. The molecule has 0 spiro atoms. The van der Waals surface area contributed by atoms with Crippen LogP contribution in [-0.2, 0) is 9.53 Å². The normalized spacial score (nSPS) is 18.7. The minimum atomic E-state index is -3.97. The Morgan fingerprint density at radius 2 is 1.92 bits per heavy atom. The first-order valence-corrected chi connectivity index (χ1v) is 8.38. The number of hydrogen-bond donors (Lipinski definition) is 3. The zero-order valence-corrected chi connectivity index (χ0v) is 15.0. The Morgan fingerprint density at radius 1 is 1.33 bits per heavy atom. The Kier molecular flexibility index (Phi) is 5.97. The second-order valence-electron chi connectivity index (χ2n) is 6.02. The number of hydrazone groups is 1. The Morgan fingerprint density at radius 3 is 2.33 bits per heavy atom. The highest BCUT2D eigenvalue weighted by atomic mass is 32.3. The van der Waals surface area contributed by atoms with E-state index in [0.717, 1.165) is 18.2 Å². The van der Waals surface area contributed by atoms with Gasteiger partial charge in [0.1, 0.15) is 28.4 Å². The van der Waals surface area contributed by atoms with Crippen LogP contribution in [0, 0.1) is 16.7 Å². The highest BCUT2D eigenvalue weighted by Crippen LogP contribution is 2.44. The quantitative estimate of drug-likeness (QED) is 0.306. The molecule has 132 valence electrons. The zero-order valence-electron chi connectivity index (χ0n) is 14.1. The van der Waals surface area contributed by atoms with E-state index in [0.29, 0.717) is 5.76 Å². The molecule has 0 amide bonds. The molecule has 1 rings (SSSR count). The van der Waals surface area contributed by atoms with Crippen molar-refractivity contribution in [1.82, 2.24) is 5.01 Å². The van der Waals surface area contributed by atoms with Crippen LogP contribution in [0.5, 0.6) is 0 Å². The van der Waals surface area contributed by atoms with Crippen LogP contribution in [0.15, 0.2) is 39.7 Å². The molecule has 8 nitrogen and oxygen atoms in total. The van der Waals surface area contributed by atoms with Crippen molar-refractivity contribution in [2.45, 2.75) is 20.8 Å². The maximum absolute atomic E-state index is 11.9. The maximum Gasteiger partial charge on any atom is 0.206 e. The molecule has 0 aromatic heterocycles. The first kappa shape index (κ1) is 19.9. The molecule has 1 aliphatic rings. The predicted molar refractivity (Wildman–Crippen MR) is 92.0 cm³/mol. The number of ether oxygens (including phenoxy) is 1. The summed E-state index contributed by atoms with van der Waals surface area (Å²) < 4.78 is 33.1. The predicted octanol–water partition coefficient (Wildman–Crippen LogP) is 2.95. The lowest BCUT2D eigenvalue weighted by Crippen LogP contribution is -2.24. The second-order valence-corrected chi connectivity index (χ2v) is 7.52. The van der Waals surface area contributed by atoms with Crippen LogP contribution in [0.4, 0.5) is 0 Å². The van der Waals surface area contributed by atoms with Gasteiger partial charge in [-0.2, -0.15) is 10.4 Å². The van der Waals surface area contributed by atoms with E-state index < -0.39 is 22.1 Å². The summed E-state index contributed by atoms with van der Waals surface area (Å²) in [5.41, 5.74) is -0.515. The van der Waals surface area contributed by atoms with E-state index >= 15 is 0 Å². The van der Waals surface area contributed by atoms with E-state index in [1.165, 1.54) is 19.2 Å². The third kappa shape index (κ3) is 4.69. The molecule has 24 heavy (non-hydrogen) atoms. The summed E-state index contributed by atoms with van der Waals surface area (Å²) in [6, 6.07) is 1.99. The molecule has 0 radical (unpaired) electrons. The molecule has 0 atom stereocenters. The number of nitrogens with zero attached hydrogens (tertiary/aromatic N) is 3. The van der Waals surface area contributed by atoms with Crippen LogP contribution in [0.25, 0.3) is 0 Å². The monoisotopic (exact) mass is 355 g/mol. The molecule has 3 N–H and O–H groups in total. The zero-order chi connectivity index (χ0) is 18.7. The lowest BCUT2D eigenvalue weighted by molar-refractivity contribution is -0.108. The van der Waals surface area contributed by atoms with Crippen LogP contribution in [0.2, 0.25) is 0 Å². The van der Waals surface area contributed by atoms with Crippen LogP contribution < -0.4 is 0 Å². The fraction of sp³-hybridized carbons (Fsp3) is 0.400. The molecule has 0 saturated carbocycles. The molecule has 9 heteroatoms. The highest BCUT2D eigenvalue weighted by Gasteiger charge is 2.27. The molecule has 1 aliphatic carbocycles. The minimum absolute atomic E-state index is 0.102. The third-order valence-corrected chi connectivity index (χ3v) is 3.92. The summed E-state index contributed by atoms with van der Waals surface area (Å²) in [5, 5.41) is 14.6. The van der Waals surface area contributed by atoms with Crippen molar-refractivity contribution in [3.05, 3.63) is 34.6 Å². The number of nitriles is 1. The van der Waals surface area contributed by atoms with Gasteiger partial charge in [-0.1, -0.05) is 20.8 Å². The number of allylic oxidation sites excluding steroid dienone is 5. The molecule has 0 aromatic rings. The van der Waals surface area contributed by atoms with Crippen molar-refractivity contribution in [3.8, 4) is 6.07 Å². The van der Waals surface area contributed by atoms with Crippen LogP contribution in [0.3, 0.4) is 0 Å². The molecule has 0 unspecified atom stereocenters. The number of carbonyl (C=O) groups is 1. The minimum Gasteiger partial charge on any atom is -0.498 e. The fourth-order valence-corrected chi connectivity index (χ4v) is 2.51. The smallest absolute Gasteiger partial charge is 0.206 e. The number of methoxy groups -OCH3 is 1. The molecule has 0 aromatic carbocycles. The van der Waals surface area contributed by atoms with Crippen molar-refractivity contribution in [3.63, 3.8) is 0 Å². The van der Waals surface area contributed by atoms with Gasteiger partial charge in [0.2, 0.25) is 5.78 Å². The van der Waals surface area contributed by atoms with Crippen molar-refractivity contribution in [1.29, 1.82) is 5.26 Å². The summed E-state index contributed by atoms with van der Waals surface area (Å²) in [5.74, 6) is -0.118. The van der Waals surface area contributed by atoms with Crippen LogP contribution in [0.1, 0.15) is 20.8 Å². The Labute approximate surface area is 142 Å². The average Bonchev–Trinajstić information content (AvgIpc) is 2.44. The number of hydrogen-bond acceptors (Lipinski definition) is 8. The highest BCUT2D eigenvalue weighted by molar-refractivity contribution is 8.23. The van der Waals surface area contributed by atoms with Gasteiger partial charge in [0.15, 0.2) is 5.70 Å². The molecule has 0 bridgehead atoms. The van der Waals surface area contributed by atoms with Gasteiger partial charge in [-0.05, 0) is 18.2 Å². The summed E-state index contributed by atoms with van der Waals surface area (Å²) in [6.45, 7) is 5.58. The first-order chi connectivity index (χ1) is 10.9. The van der Waals surface area contributed by atoms with Crippen LogP contribution in [-0.4, -0.2) is 44.3 Å². The van der Waals surface area contributed by atoms with Gasteiger partial charge in [-0.15, -0.1) is 0 Å². The van der Waals surface area contributed by atoms with Crippen molar-refractivity contribution in [2.75, 3.05) is 14.2 Å². The maximum atomic E-state index is 11.9. The topological polar surface area (TPSA) is 126 Å². The van der Waals surface area contributed by atoms with Gasteiger partial charge in [-0.25, -0.2) is 0 Å². The molecule has 0 saturated heterocycles. The summed E-state index contributed by atoms with van der Waals surface area (Å²) in [7, 11) is -1.07.